The minimum absolute atomic E-state index is 0.554. The van der Waals surface area contributed by atoms with Gasteiger partial charge in [0.1, 0.15) is 0 Å². The topological polar surface area (TPSA) is 12.0 Å². The van der Waals surface area contributed by atoms with Gasteiger partial charge in [0.2, 0.25) is 0 Å². The Morgan fingerprint density at radius 3 is 2.10 bits per heavy atom. The van der Waals surface area contributed by atoms with Gasteiger partial charge in [-0.2, -0.15) is 13.2 Å². The number of alkyl halides is 3. The number of halogens is 3. The van der Waals surface area contributed by atoms with Gasteiger partial charge in [0.05, 0.1) is 5.56 Å². The van der Waals surface area contributed by atoms with Crippen LogP contribution in [0.25, 0.3) is 0 Å². The molecule has 3 rings (SSSR count). The Hall–Kier alpha value is -1.03. The lowest BCUT2D eigenvalue weighted by molar-refractivity contribution is -0.137. The van der Waals surface area contributed by atoms with E-state index in [9.17, 15) is 13.2 Å². The van der Waals surface area contributed by atoms with Crippen LogP contribution >= 0.6 is 0 Å². The van der Waals surface area contributed by atoms with Crippen LogP contribution in [0.4, 0.5) is 13.2 Å². The predicted octanol–water partition coefficient (Wildman–Crippen LogP) is 4.03. The molecule has 0 radical (unpaired) electrons. The zero-order valence-corrected chi connectivity index (χ0v) is 11.4. The van der Waals surface area contributed by atoms with Crippen LogP contribution < -0.4 is 5.32 Å². The fraction of sp³-hybridized carbons (Fsp3) is 0.625. The van der Waals surface area contributed by atoms with Gasteiger partial charge in [0, 0.05) is 6.04 Å². The molecule has 0 saturated heterocycles. The standard InChI is InChI=1S/C16H20F3N/c17-16(18,19)14-5-1-11(2-6-14)9-12-3-4-13(12)10-20-15-7-8-15/h1-2,5-6,12-13,15,20H,3-4,7-10H2. The van der Waals surface area contributed by atoms with Gasteiger partial charge in [-0.1, -0.05) is 12.1 Å². The second-order valence-corrected chi connectivity index (χ2v) is 6.18. The van der Waals surface area contributed by atoms with Crippen LogP contribution in [0, 0.1) is 11.8 Å². The van der Waals surface area contributed by atoms with Crippen molar-refractivity contribution in [3.8, 4) is 0 Å². The average Bonchev–Trinajstić information content (AvgIpc) is 3.18. The SMILES string of the molecule is FC(F)(F)c1ccc(CC2CCC2CNC2CC2)cc1. The van der Waals surface area contributed by atoms with Gasteiger partial charge in [-0.15, -0.1) is 0 Å². The van der Waals surface area contributed by atoms with Crippen LogP contribution in [0.1, 0.15) is 36.8 Å². The molecule has 0 aliphatic heterocycles. The van der Waals surface area contributed by atoms with Crippen molar-refractivity contribution in [3.05, 3.63) is 35.4 Å². The molecular weight excluding hydrogens is 263 g/mol. The fourth-order valence-electron chi connectivity index (χ4n) is 2.91. The molecule has 20 heavy (non-hydrogen) atoms. The van der Waals surface area contributed by atoms with Crippen molar-refractivity contribution in [2.75, 3.05) is 6.54 Å². The van der Waals surface area contributed by atoms with E-state index in [0.29, 0.717) is 11.8 Å². The normalized spacial score (nSPS) is 26.4. The summed E-state index contributed by atoms with van der Waals surface area (Å²) in [5.41, 5.74) is 0.473. The summed E-state index contributed by atoms with van der Waals surface area (Å²) in [7, 11) is 0. The smallest absolute Gasteiger partial charge is 0.314 e. The van der Waals surface area contributed by atoms with Crippen LogP contribution in [0.5, 0.6) is 0 Å². The molecule has 1 aromatic rings. The zero-order valence-electron chi connectivity index (χ0n) is 11.4. The van der Waals surface area contributed by atoms with Crippen molar-refractivity contribution in [2.45, 2.75) is 44.3 Å². The minimum atomic E-state index is -4.23. The van der Waals surface area contributed by atoms with Gasteiger partial charge < -0.3 is 5.32 Å². The summed E-state index contributed by atoms with van der Waals surface area (Å²) >= 11 is 0. The number of hydrogen-bond acceptors (Lipinski definition) is 1. The lowest BCUT2D eigenvalue weighted by Gasteiger charge is -2.37. The third kappa shape index (κ3) is 3.35. The monoisotopic (exact) mass is 283 g/mol. The van der Waals surface area contributed by atoms with Crippen LogP contribution in [0.3, 0.4) is 0 Å². The molecule has 1 nitrogen and oxygen atoms in total. The first kappa shape index (κ1) is 13.9. The molecule has 0 heterocycles. The highest BCUT2D eigenvalue weighted by Gasteiger charge is 2.33. The Morgan fingerprint density at radius 1 is 0.950 bits per heavy atom. The minimum Gasteiger partial charge on any atom is -0.314 e. The Kier molecular flexibility index (Phi) is 3.76. The second-order valence-electron chi connectivity index (χ2n) is 6.18. The van der Waals surface area contributed by atoms with E-state index in [-0.39, 0.29) is 0 Å². The third-order valence-electron chi connectivity index (χ3n) is 4.60. The zero-order chi connectivity index (χ0) is 14.2. The number of hydrogen-bond donors (Lipinski definition) is 1. The highest BCUT2D eigenvalue weighted by molar-refractivity contribution is 5.25. The molecule has 2 unspecified atom stereocenters. The van der Waals surface area contributed by atoms with Crippen LogP contribution in [0.2, 0.25) is 0 Å². The first-order valence-corrected chi connectivity index (χ1v) is 7.42. The molecule has 4 heteroatoms. The maximum absolute atomic E-state index is 12.5. The van der Waals surface area contributed by atoms with Crippen LogP contribution in [0.15, 0.2) is 24.3 Å². The van der Waals surface area contributed by atoms with Crippen molar-refractivity contribution in [1.82, 2.24) is 5.32 Å². The van der Waals surface area contributed by atoms with E-state index in [2.05, 4.69) is 5.32 Å². The summed E-state index contributed by atoms with van der Waals surface area (Å²) in [6, 6.07) is 6.40. The van der Waals surface area contributed by atoms with E-state index in [4.69, 9.17) is 0 Å². The van der Waals surface area contributed by atoms with Crippen LogP contribution in [-0.2, 0) is 12.6 Å². The largest absolute Gasteiger partial charge is 0.416 e. The lowest BCUT2D eigenvalue weighted by atomic mass is 9.70. The molecule has 1 aromatic carbocycles. The summed E-state index contributed by atoms with van der Waals surface area (Å²) in [6.45, 7) is 1.08. The molecule has 0 aromatic heterocycles. The third-order valence-corrected chi connectivity index (χ3v) is 4.60. The van der Waals surface area contributed by atoms with E-state index in [1.54, 1.807) is 12.1 Å². The molecular formula is C16H20F3N. The van der Waals surface area contributed by atoms with Crippen molar-refractivity contribution < 1.29 is 13.2 Å². The van der Waals surface area contributed by atoms with Crippen LogP contribution in [-0.4, -0.2) is 12.6 Å². The molecule has 1 N–H and O–H groups in total. The van der Waals surface area contributed by atoms with Gasteiger partial charge in [0.25, 0.3) is 0 Å². The van der Waals surface area contributed by atoms with E-state index < -0.39 is 11.7 Å². The molecule has 110 valence electrons. The molecule has 2 saturated carbocycles. The van der Waals surface area contributed by atoms with Gasteiger partial charge in [-0.05, 0) is 68.2 Å². The van der Waals surface area contributed by atoms with Crippen molar-refractivity contribution in [1.29, 1.82) is 0 Å². The van der Waals surface area contributed by atoms with E-state index in [1.807, 2.05) is 0 Å². The van der Waals surface area contributed by atoms with E-state index >= 15 is 0 Å². The van der Waals surface area contributed by atoms with Crippen molar-refractivity contribution in [3.63, 3.8) is 0 Å². The van der Waals surface area contributed by atoms with Gasteiger partial charge in [-0.3, -0.25) is 0 Å². The molecule has 2 fully saturated rings. The first-order valence-electron chi connectivity index (χ1n) is 7.42. The Balaban J connectivity index is 1.52. The molecule has 2 aliphatic rings. The summed E-state index contributed by atoms with van der Waals surface area (Å²) in [6.07, 6.45) is 1.75. The second kappa shape index (κ2) is 5.40. The van der Waals surface area contributed by atoms with Gasteiger partial charge >= 0.3 is 6.18 Å². The lowest BCUT2D eigenvalue weighted by Crippen LogP contribution is -2.37. The van der Waals surface area contributed by atoms with Crippen molar-refractivity contribution in [2.24, 2.45) is 11.8 Å². The maximum atomic E-state index is 12.5. The average molecular weight is 283 g/mol. The summed E-state index contributed by atoms with van der Waals surface area (Å²) in [5.74, 6) is 1.34. The number of benzene rings is 1. The van der Waals surface area contributed by atoms with E-state index in [1.165, 1.54) is 37.8 Å². The summed E-state index contributed by atoms with van der Waals surface area (Å²) in [5, 5.41) is 3.55. The Bertz CT molecular complexity index is 448. The van der Waals surface area contributed by atoms with Gasteiger partial charge in [-0.25, -0.2) is 0 Å². The highest BCUT2D eigenvalue weighted by atomic mass is 19.4. The quantitative estimate of drug-likeness (QED) is 0.860. The fourth-order valence-corrected chi connectivity index (χ4v) is 2.91. The first-order chi connectivity index (χ1) is 9.52. The summed E-state index contributed by atoms with van der Waals surface area (Å²) < 4.78 is 37.5. The molecule has 0 amide bonds. The Morgan fingerprint density at radius 2 is 1.60 bits per heavy atom. The van der Waals surface area contributed by atoms with Gasteiger partial charge in [0.15, 0.2) is 0 Å². The summed E-state index contributed by atoms with van der Waals surface area (Å²) in [4.78, 5) is 0. The molecule has 2 atom stereocenters. The molecule has 0 spiro atoms. The van der Waals surface area contributed by atoms with E-state index in [0.717, 1.165) is 24.6 Å². The number of rotatable bonds is 5. The Labute approximate surface area is 117 Å². The van der Waals surface area contributed by atoms with Crippen molar-refractivity contribution >= 4 is 0 Å². The molecule has 0 bridgehead atoms. The number of nitrogens with one attached hydrogen (secondary N) is 1. The molecule has 2 aliphatic carbocycles. The predicted molar refractivity (Wildman–Crippen MR) is 72.4 cm³/mol. The maximum Gasteiger partial charge on any atom is 0.416 e. The highest BCUT2D eigenvalue weighted by Crippen LogP contribution is 2.37.